The third-order valence-corrected chi connectivity index (χ3v) is 2.90. The maximum atomic E-state index is 6.25. The highest BCUT2D eigenvalue weighted by atomic mass is 14.7. The molecule has 16 heavy (non-hydrogen) atoms. The van der Waals surface area contributed by atoms with Gasteiger partial charge in [-0.15, -0.1) is 0 Å². The van der Waals surface area contributed by atoms with Crippen LogP contribution >= 0.6 is 0 Å². The largest absolute Gasteiger partial charge is 0.399 e. The molecule has 0 bridgehead atoms. The van der Waals surface area contributed by atoms with Crippen LogP contribution in [0.2, 0.25) is 0 Å². The highest BCUT2D eigenvalue weighted by Gasteiger charge is 2.22. The van der Waals surface area contributed by atoms with Gasteiger partial charge in [0, 0.05) is 23.1 Å². The van der Waals surface area contributed by atoms with Crippen LogP contribution < -0.4 is 11.5 Å². The summed E-state index contributed by atoms with van der Waals surface area (Å²) >= 11 is 0. The van der Waals surface area contributed by atoms with Crippen molar-refractivity contribution in [1.29, 1.82) is 0 Å². The first kappa shape index (κ1) is 10.9. The number of hydrogen-bond donors (Lipinski definition) is 2. The second kappa shape index (κ2) is 4.49. The maximum Gasteiger partial charge on any atom is 0.0404 e. The molecule has 1 heterocycles. The van der Waals surface area contributed by atoms with E-state index >= 15 is 0 Å². The lowest BCUT2D eigenvalue weighted by Crippen LogP contribution is -2.39. The number of aromatic nitrogens is 1. The molecule has 0 fully saturated rings. The quantitative estimate of drug-likeness (QED) is 0.803. The summed E-state index contributed by atoms with van der Waals surface area (Å²) in [6.07, 6.45) is 10.3. The number of rotatable bonds is 3. The molecule has 1 atom stereocenters. The third-order valence-electron chi connectivity index (χ3n) is 2.90. The lowest BCUT2D eigenvalue weighted by molar-refractivity contribution is 0.483. The highest BCUT2D eigenvalue weighted by Crippen LogP contribution is 2.21. The predicted octanol–water partition coefficient (Wildman–Crippen LogP) is 1.51. The van der Waals surface area contributed by atoms with Crippen LogP contribution in [0.3, 0.4) is 0 Å². The van der Waals surface area contributed by atoms with E-state index in [1.54, 1.807) is 0 Å². The molecule has 2 rings (SSSR count). The first-order chi connectivity index (χ1) is 7.68. The molecule has 0 saturated carbocycles. The molecule has 1 unspecified atom stereocenters. The van der Waals surface area contributed by atoms with E-state index in [2.05, 4.69) is 4.98 Å². The van der Waals surface area contributed by atoms with E-state index in [0.29, 0.717) is 0 Å². The average Bonchev–Trinajstić information content (AvgIpc) is 2.33. The predicted molar refractivity (Wildman–Crippen MR) is 65.5 cm³/mol. The van der Waals surface area contributed by atoms with Gasteiger partial charge in [0.25, 0.3) is 0 Å². The SMILES string of the molecule is NC1=CCC(N)(CCc2ccccn2)C=C1. The molecule has 0 spiro atoms. The number of hydrogen-bond acceptors (Lipinski definition) is 3. The fraction of sp³-hybridized carbons (Fsp3) is 0.308. The molecule has 0 radical (unpaired) electrons. The van der Waals surface area contributed by atoms with Gasteiger partial charge in [0.2, 0.25) is 0 Å². The molecule has 1 aromatic rings. The Balaban J connectivity index is 1.94. The van der Waals surface area contributed by atoms with Crippen LogP contribution in [0.4, 0.5) is 0 Å². The molecule has 0 amide bonds. The summed E-state index contributed by atoms with van der Waals surface area (Å²) in [6.45, 7) is 0. The van der Waals surface area contributed by atoms with Crippen molar-refractivity contribution in [1.82, 2.24) is 4.98 Å². The topological polar surface area (TPSA) is 64.9 Å². The van der Waals surface area contributed by atoms with Gasteiger partial charge < -0.3 is 11.5 Å². The van der Waals surface area contributed by atoms with Gasteiger partial charge in [-0.05, 0) is 37.5 Å². The van der Waals surface area contributed by atoms with Gasteiger partial charge in [-0.3, -0.25) is 4.98 Å². The molecule has 84 valence electrons. The van der Waals surface area contributed by atoms with Crippen LogP contribution in [0.5, 0.6) is 0 Å². The summed E-state index contributed by atoms with van der Waals surface area (Å²) in [5, 5.41) is 0. The van der Waals surface area contributed by atoms with Crippen molar-refractivity contribution in [2.24, 2.45) is 11.5 Å². The van der Waals surface area contributed by atoms with E-state index in [1.807, 2.05) is 42.6 Å². The van der Waals surface area contributed by atoms with E-state index in [1.165, 1.54) is 0 Å². The van der Waals surface area contributed by atoms with Gasteiger partial charge in [0.1, 0.15) is 0 Å². The Kier molecular flexibility index (Phi) is 3.06. The molecule has 4 N–H and O–H groups in total. The highest BCUT2D eigenvalue weighted by molar-refractivity contribution is 5.26. The van der Waals surface area contributed by atoms with E-state index in [9.17, 15) is 0 Å². The molecule has 0 aliphatic heterocycles. The molecule has 1 aliphatic rings. The van der Waals surface area contributed by atoms with Gasteiger partial charge in [-0.1, -0.05) is 18.2 Å². The summed E-state index contributed by atoms with van der Waals surface area (Å²) < 4.78 is 0. The number of nitrogens with two attached hydrogens (primary N) is 2. The molecular weight excluding hydrogens is 198 g/mol. The lowest BCUT2D eigenvalue weighted by atomic mass is 9.86. The van der Waals surface area contributed by atoms with Crippen LogP contribution in [-0.4, -0.2) is 10.5 Å². The van der Waals surface area contributed by atoms with Crippen molar-refractivity contribution in [2.45, 2.75) is 24.8 Å². The Morgan fingerprint density at radius 3 is 2.88 bits per heavy atom. The van der Waals surface area contributed by atoms with Crippen molar-refractivity contribution in [3.05, 3.63) is 54.0 Å². The van der Waals surface area contributed by atoms with Crippen molar-refractivity contribution in [3.63, 3.8) is 0 Å². The Labute approximate surface area is 95.9 Å². The monoisotopic (exact) mass is 215 g/mol. The molecule has 1 aliphatic carbocycles. The van der Waals surface area contributed by atoms with Gasteiger partial charge in [-0.2, -0.15) is 0 Å². The third kappa shape index (κ3) is 2.70. The smallest absolute Gasteiger partial charge is 0.0404 e. The number of allylic oxidation sites excluding steroid dienone is 1. The lowest BCUT2D eigenvalue weighted by Gasteiger charge is -2.27. The van der Waals surface area contributed by atoms with Crippen molar-refractivity contribution >= 4 is 0 Å². The summed E-state index contributed by atoms with van der Waals surface area (Å²) in [6, 6.07) is 5.95. The van der Waals surface area contributed by atoms with Crippen LogP contribution in [0, 0.1) is 0 Å². The van der Waals surface area contributed by atoms with Crippen LogP contribution in [0.1, 0.15) is 18.5 Å². The standard InChI is InChI=1S/C13H17N3/c14-11-4-7-13(15,8-5-11)9-6-12-3-1-2-10-16-12/h1-5,7,10H,6,8-9,14-15H2. The molecule has 0 saturated heterocycles. The van der Waals surface area contributed by atoms with Crippen LogP contribution in [0.15, 0.2) is 48.3 Å². The second-order valence-electron chi connectivity index (χ2n) is 4.30. The zero-order valence-electron chi connectivity index (χ0n) is 9.26. The molecule has 0 aromatic carbocycles. The van der Waals surface area contributed by atoms with Gasteiger partial charge in [0.05, 0.1) is 0 Å². The summed E-state index contributed by atoms with van der Waals surface area (Å²) in [5.74, 6) is 0. The van der Waals surface area contributed by atoms with Gasteiger partial charge in [-0.25, -0.2) is 0 Å². The molecule has 3 heteroatoms. The first-order valence-corrected chi connectivity index (χ1v) is 5.52. The Bertz CT molecular complexity index is 408. The minimum absolute atomic E-state index is 0.264. The zero-order chi connectivity index (χ0) is 11.4. The average molecular weight is 215 g/mol. The Morgan fingerprint density at radius 2 is 2.25 bits per heavy atom. The van der Waals surface area contributed by atoms with Crippen molar-refractivity contribution < 1.29 is 0 Å². The summed E-state index contributed by atoms with van der Waals surface area (Å²) in [4.78, 5) is 4.29. The molecule has 1 aromatic heterocycles. The second-order valence-corrected chi connectivity index (χ2v) is 4.30. The fourth-order valence-electron chi connectivity index (χ4n) is 1.80. The van der Waals surface area contributed by atoms with Gasteiger partial charge in [0.15, 0.2) is 0 Å². The molecular formula is C13H17N3. The normalized spacial score (nSPS) is 24.2. The fourth-order valence-corrected chi connectivity index (χ4v) is 1.80. The maximum absolute atomic E-state index is 6.25. The number of aryl methyl sites for hydroxylation is 1. The number of nitrogens with zero attached hydrogens (tertiary/aromatic N) is 1. The van der Waals surface area contributed by atoms with E-state index < -0.39 is 0 Å². The van der Waals surface area contributed by atoms with E-state index in [-0.39, 0.29) is 5.54 Å². The minimum atomic E-state index is -0.264. The zero-order valence-corrected chi connectivity index (χ0v) is 9.26. The van der Waals surface area contributed by atoms with E-state index in [0.717, 1.165) is 30.7 Å². The summed E-state index contributed by atoms with van der Waals surface area (Å²) in [7, 11) is 0. The molecule has 3 nitrogen and oxygen atoms in total. The summed E-state index contributed by atoms with van der Waals surface area (Å²) in [5.41, 5.74) is 13.6. The Morgan fingerprint density at radius 1 is 1.38 bits per heavy atom. The first-order valence-electron chi connectivity index (χ1n) is 5.52. The van der Waals surface area contributed by atoms with Crippen LogP contribution in [-0.2, 0) is 6.42 Å². The van der Waals surface area contributed by atoms with E-state index in [4.69, 9.17) is 11.5 Å². The Hall–Kier alpha value is -1.61. The number of pyridine rings is 1. The van der Waals surface area contributed by atoms with Crippen molar-refractivity contribution in [2.75, 3.05) is 0 Å². The minimum Gasteiger partial charge on any atom is -0.399 e. The van der Waals surface area contributed by atoms with Crippen LogP contribution in [0.25, 0.3) is 0 Å². The van der Waals surface area contributed by atoms with Crippen molar-refractivity contribution in [3.8, 4) is 0 Å². The van der Waals surface area contributed by atoms with Gasteiger partial charge >= 0.3 is 0 Å².